The van der Waals surface area contributed by atoms with E-state index in [1.165, 1.54) is 21.1 Å². The Labute approximate surface area is 139 Å². The Morgan fingerprint density at radius 2 is 2.00 bits per heavy atom. The van der Waals surface area contributed by atoms with E-state index < -0.39 is 54.7 Å². The van der Waals surface area contributed by atoms with Crippen molar-refractivity contribution in [2.75, 3.05) is 27.9 Å². The minimum absolute atomic E-state index is 0.302. The largest absolute Gasteiger partial charge is 0.465 e. The normalized spacial score (nSPS) is 32.7. The van der Waals surface area contributed by atoms with Gasteiger partial charge in [0, 0.05) is 27.6 Å². The summed E-state index contributed by atoms with van der Waals surface area (Å²) in [4.78, 5) is 23.4. The number of carbonyl (C=O) groups is 2. The van der Waals surface area contributed by atoms with E-state index in [0.29, 0.717) is 0 Å². The number of nitrogens with one attached hydrogen (secondary N) is 1. The molecule has 1 saturated heterocycles. The van der Waals surface area contributed by atoms with Crippen molar-refractivity contribution >= 4 is 11.9 Å². The molecule has 1 fully saturated rings. The van der Waals surface area contributed by atoms with Gasteiger partial charge in [0.1, 0.15) is 18.3 Å². The van der Waals surface area contributed by atoms with Crippen molar-refractivity contribution in [1.29, 1.82) is 0 Å². The third kappa shape index (κ3) is 4.41. The van der Waals surface area contributed by atoms with Gasteiger partial charge in [0.15, 0.2) is 0 Å². The molecule has 1 amide bonds. The summed E-state index contributed by atoms with van der Waals surface area (Å²) in [5.74, 6) is -3.81. The van der Waals surface area contributed by atoms with Crippen molar-refractivity contribution in [3.8, 4) is 0 Å². The maximum absolute atomic E-state index is 11.9. The predicted molar refractivity (Wildman–Crippen MR) is 78.7 cm³/mol. The lowest BCUT2D eigenvalue weighted by atomic mass is 9.88. The Morgan fingerprint density at radius 1 is 1.38 bits per heavy atom. The molecule has 1 aliphatic rings. The van der Waals surface area contributed by atoms with Gasteiger partial charge in [-0.2, -0.15) is 0 Å². The molecule has 4 N–H and O–H groups in total. The second-order valence-corrected chi connectivity index (χ2v) is 5.51. The van der Waals surface area contributed by atoms with E-state index in [1.54, 1.807) is 0 Å². The predicted octanol–water partition coefficient (Wildman–Crippen LogP) is -2.48. The molecule has 6 atom stereocenters. The summed E-state index contributed by atoms with van der Waals surface area (Å²) in [5.41, 5.74) is 0. The minimum Gasteiger partial charge on any atom is -0.465 e. The molecular formula is C14H25NO9. The molecule has 0 aromatic rings. The van der Waals surface area contributed by atoms with Gasteiger partial charge in [0.2, 0.25) is 5.91 Å². The van der Waals surface area contributed by atoms with Gasteiger partial charge < -0.3 is 39.6 Å². The molecule has 1 aliphatic heterocycles. The lowest BCUT2D eigenvalue weighted by Gasteiger charge is -2.46. The van der Waals surface area contributed by atoms with Gasteiger partial charge in [-0.15, -0.1) is 0 Å². The number of ether oxygens (including phenoxy) is 4. The van der Waals surface area contributed by atoms with Crippen molar-refractivity contribution in [3.63, 3.8) is 0 Å². The van der Waals surface area contributed by atoms with Crippen LogP contribution in [0, 0.1) is 0 Å². The highest BCUT2D eigenvalue weighted by Crippen LogP contribution is 2.33. The first-order valence-electron chi connectivity index (χ1n) is 7.34. The first-order valence-corrected chi connectivity index (χ1v) is 7.34. The van der Waals surface area contributed by atoms with Gasteiger partial charge in [-0.1, -0.05) is 0 Å². The maximum atomic E-state index is 11.9. The molecule has 1 heterocycles. The molecule has 0 saturated carbocycles. The van der Waals surface area contributed by atoms with Gasteiger partial charge >= 0.3 is 5.97 Å². The van der Waals surface area contributed by atoms with Crippen molar-refractivity contribution in [3.05, 3.63) is 0 Å². The number of carbonyl (C=O) groups excluding carboxylic acids is 2. The van der Waals surface area contributed by atoms with E-state index >= 15 is 0 Å². The summed E-state index contributed by atoms with van der Waals surface area (Å²) < 4.78 is 20.4. The van der Waals surface area contributed by atoms with Crippen LogP contribution in [-0.2, 0) is 28.5 Å². The van der Waals surface area contributed by atoms with Gasteiger partial charge in [0.05, 0.1) is 25.9 Å². The molecule has 0 bridgehead atoms. The van der Waals surface area contributed by atoms with Crippen LogP contribution in [0.15, 0.2) is 0 Å². The Morgan fingerprint density at radius 3 is 2.42 bits per heavy atom. The number of methoxy groups -OCH3 is 3. The molecule has 0 radical (unpaired) electrons. The molecule has 0 aromatic carbocycles. The molecule has 1 unspecified atom stereocenters. The molecule has 0 aliphatic carbocycles. The van der Waals surface area contributed by atoms with Crippen LogP contribution in [0.4, 0.5) is 0 Å². The first-order chi connectivity index (χ1) is 11.2. The van der Waals surface area contributed by atoms with Crippen molar-refractivity contribution in [2.24, 2.45) is 0 Å². The van der Waals surface area contributed by atoms with E-state index in [2.05, 4.69) is 10.1 Å². The SMILES string of the molecule is COC(=O)C1(O)C[C@H](OC)[C@@H](NC(C)=O)[C@H]([C@H](OC)[C@H](O)CO)O1. The van der Waals surface area contributed by atoms with Crippen LogP contribution < -0.4 is 5.32 Å². The average molecular weight is 351 g/mol. The average Bonchev–Trinajstić information content (AvgIpc) is 2.55. The molecule has 140 valence electrons. The summed E-state index contributed by atoms with van der Waals surface area (Å²) >= 11 is 0. The number of esters is 1. The quantitative estimate of drug-likeness (QED) is 0.367. The van der Waals surface area contributed by atoms with Crippen LogP contribution in [0.25, 0.3) is 0 Å². The van der Waals surface area contributed by atoms with E-state index in [4.69, 9.17) is 14.2 Å². The maximum Gasteiger partial charge on any atom is 0.366 e. The summed E-state index contributed by atoms with van der Waals surface area (Å²) in [6.45, 7) is 0.620. The summed E-state index contributed by atoms with van der Waals surface area (Å²) in [5, 5.41) is 32.2. The molecular weight excluding hydrogens is 326 g/mol. The highest BCUT2D eigenvalue weighted by atomic mass is 16.7. The molecule has 10 heteroatoms. The standard InChI is InChI=1S/C14H25NO9/c1-7(17)15-10-9(21-2)5-14(20,13(19)23-4)24-12(10)11(22-3)8(18)6-16/h8-12,16,18,20H,5-6H2,1-4H3,(H,15,17)/t8-,9+,10-,11-,12-,14?/m1/s1. The molecule has 0 aromatic heterocycles. The zero-order valence-corrected chi connectivity index (χ0v) is 14.1. The fourth-order valence-electron chi connectivity index (χ4n) is 2.77. The van der Waals surface area contributed by atoms with E-state index in [-0.39, 0.29) is 6.42 Å². The fraction of sp³-hybridized carbons (Fsp3) is 0.857. The number of aliphatic hydroxyl groups is 3. The Bertz CT molecular complexity index is 446. The molecule has 0 spiro atoms. The van der Waals surface area contributed by atoms with E-state index in [1.807, 2.05) is 0 Å². The monoisotopic (exact) mass is 351 g/mol. The van der Waals surface area contributed by atoms with Crippen LogP contribution in [0.1, 0.15) is 13.3 Å². The Balaban J connectivity index is 3.25. The van der Waals surface area contributed by atoms with Gasteiger partial charge in [0.25, 0.3) is 5.79 Å². The van der Waals surface area contributed by atoms with E-state index in [9.17, 15) is 24.9 Å². The zero-order valence-electron chi connectivity index (χ0n) is 14.1. The lowest BCUT2D eigenvalue weighted by Crippen LogP contribution is -2.68. The fourth-order valence-corrected chi connectivity index (χ4v) is 2.77. The molecule has 24 heavy (non-hydrogen) atoms. The first kappa shape index (κ1) is 20.7. The minimum atomic E-state index is -2.35. The smallest absolute Gasteiger partial charge is 0.366 e. The van der Waals surface area contributed by atoms with Gasteiger partial charge in [-0.05, 0) is 0 Å². The second kappa shape index (κ2) is 8.70. The third-order valence-electron chi connectivity index (χ3n) is 3.90. The Kier molecular flexibility index (Phi) is 7.52. The summed E-state index contributed by atoms with van der Waals surface area (Å²) in [6.07, 6.45) is -4.86. The van der Waals surface area contributed by atoms with Gasteiger partial charge in [-0.25, -0.2) is 4.79 Å². The van der Waals surface area contributed by atoms with Gasteiger partial charge in [-0.3, -0.25) is 4.79 Å². The third-order valence-corrected chi connectivity index (χ3v) is 3.90. The van der Waals surface area contributed by atoms with E-state index in [0.717, 1.165) is 7.11 Å². The zero-order chi connectivity index (χ0) is 18.5. The van der Waals surface area contributed by atoms with Crippen LogP contribution in [0.5, 0.6) is 0 Å². The number of aliphatic hydroxyl groups excluding tert-OH is 2. The topological polar surface area (TPSA) is 144 Å². The van der Waals surface area contributed by atoms with Crippen LogP contribution in [-0.4, -0.2) is 91.4 Å². The van der Waals surface area contributed by atoms with Crippen molar-refractivity contribution in [2.45, 2.75) is 49.6 Å². The summed E-state index contributed by atoms with van der Waals surface area (Å²) in [6, 6.07) is -0.844. The number of hydrogen-bond donors (Lipinski definition) is 4. The second-order valence-electron chi connectivity index (χ2n) is 5.51. The van der Waals surface area contributed by atoms with Crippen LogP contribution >= 0.6 is 0 Å². The Hall–Kier alpha value is -1.30. The number of amides is 1. The highest BCUT2D eigenvalue weighted by Gasteiger charge is 2.55. The van der Waals surface area contributed by atoms with Crippen molar-refractivity contribution in [1.82, 2.24) is 5.32 Å². The molecule has 1 rings (SSSR count). The van der Waals surface area contributed by atoms with Crippen molar-refractivity contribution < 1.29 is 43.9 Å². The lowest BCUT2D eigenvalue weighted by molar-refractivity contribution is -0.300. The number of rotatable bonds is 7. The molecule has 10 nitrogen and oxygen atoms in total. The highest BCUT2D eigenvalue weighted by molar-refractivity contribution is 5.78. The number of hydrogen-bond acceptors (Lipinski definition) is 9. The van der Waals surface area contributed by atoms with Crippen LogP contribution in [0.3, 0.4) is 0 Å². The van der Waals surface area contributed by atoms with Crippen LogP contribution in [0.2, 0.25) is 0 Å². The summed E-state index contributed by atoms with van der Waals surface area (Å²) in [7, 11) is 3.67.